The topological polar surface area (TPSA) is 80.5 Å². The lowest BCUT2D eigenvalue weighted by Crippen LogP contribution is -2.41. The van der Waals surface area contributed by atoms with E-state index in [0.717, 1.165) is 0 Å². The number of aromatic nitrogens is 2. The fourth-order valence-electron chi connectivity index (χ4n) is 1.85. The van der Waals surface area contributed by atoms with Gasteiger partial charge in [0.15, 0.2) is 12.4 Å². The number of carbonyl (C=O) groups excluding carboxylic acids is 1. The molecule has 2 rings (SSSR count). The predicted molar refractivity (Wildman–Crippen MR) is 90.1 cm³/mol. The van der Waals surface area contributed by atoms with Crippen LogP contribution in [0, 0.1) is 0 Å². The van der Waals surface area contributed by atoms with Gasteiger partial charge in [-0.15, -0.1) is 0 Å². The van der Waals surface area contributed by atoms with Crippen LogP contribution in [-0.4, -0.2) is 40.7 Å². The van der Waals surface area contributed by atoms with Gasteiger partial charge in [0.25, 0.3) is 5.89 Å². The molecule has 2 amide bonds. The molecule has 0 aliphatic rings. The van der Waals surface area contributed by atoms with Crippen molar-refractivity contribution in [3.63, 3.8) is 0 Å². The maximum atomic E-state index is 11.8. The van der Waals surface area contributed by atoms with Gasteiger partial charge >= 0.3 is 6.03 Å². The van der Waals surface area contributed by atoms with Gasteiger partial charge in [0.05, 0.1) is 0 Å². The second-order valence-corrected chi connectivity index (χ2v) is 6.06. The molecule has 0 radical (unpaired) electrons. The lowest BCUT2D eigenvalue weighted by molar-refractivity contribution is 0.206. The first-order chi connectivity index (χ1) is 11.4. The molecule has 0 saturated carbocycles. The summed E-state index contributed by atoms with van der Waals surface area (Å²) in [5, 5.41) is 7.36. The number of rotatable bonds is 7. The third kappa shape index (κ3) is 5.73. The van der Waals surface area contributed by atoms with E-state index in [4.69, 9.17) is 20.9 Å². The van der Waals surface area contributed by atoms with Gasteiger partial charge < -0.3 is 19.5 Å². The summed E-state index contributed by atoms with van der Waals surface area (Å²) in [6.45, 7) is 4.50. The zero-order valence-corrected chi connectivity index (χ0v) is 14.7. The molecular weight excluding hydrogens is 332 g/mol. The molecule has 1 aromatic heterocycles. The Morgan fingerprint density at radius 1 is 1.38 bits per heavy atom. The number of carbonyl (C=O) groups is 1. The first-order valence-corrected chi connectivity index (χ1v) is 8.03. The molecule has 0 bridgehead atoms. The van der Waals surface area contributed by atoms with Gasteiger partial charge in [-0.05, 0) is 38.1 Å². The van der Waals surface area contributed by atoms with E-state index in [-0.39, 0.29) is 18.7 Å². The molecule has 0 atom stereocenters. The third-order valence-corrected chi connectivity index (χ3v) is 3.37. The lowest BCUT2D eigenvalue weighted by Gasteiger charge is -2.18. The molecule has 1 heterocycles. The highest BCUT2D eigenvalue weighted by Gasteiger charge is 2.12. The molecule has 7 nitrogen and oxygen atoms in total. The Morgan fingerprint density at radius 2 is 2.08 bits per heavy atom. The van der Waals surface area contributed by atoms with Gasteiger partial charge in [0.2, 0.25) is 0 Å². The highest BCUT2D eigenvalue weighted by atomic mass is 35.5. The zero-order valence-electron chi connectivity index (χ0n) is 14.0. The van der Waals surface area contributed by atoms with Crippen LogP contribution in [0.25, 0.3) is 0 Å². The standard InChI is InChI=1S/C16H21ClN4O3/c1-11(2)18-16(22)21(3)9-8-14-19-15(24-20-14)10-23-13-6-4-12(17)5-7-13/h4-7,11H,8-10H2,1-3H3,(H,18,22). The van der Waals surface area contributed by atoms with Crippen LogP contribution in [0.15, 0.2) is 28.8 Å². The third-order valence-electron chi connectivity index (χ3n) is 3.12. The van der Waals surface area contributed by atoms with Gasteiger partial charge in [-0.1, -0.05) is 16.8 Å². The predicted octanol–water partition coefficient (Wildman–Crippen LogP) is 2.89. The monoisotopic (exact) mass is 352 g/mol. The van der Waals surface area contributed by atoms with E-state index in [1.165, 1.54) is 0 Å². The number of likely N-dealkylation sites (N-methyl/N-ethyl adjacent to an activating group) is 1. The minimum Gasteiger partial charge on any atom is -0.484 e. The molecule has 130 valence electrons. The summed E-state index contributed by atoms with van der Waals surface area (Å²) in [6, 6.07) is 6.99. The van der Waals surface area contributed by atoms with Crippen LogP contribution in [-0.2, 0) is 13.0 Å². The Balaban J connectivity index is 1.78. The molecule has 24 heavy (non-hydrogen) atoms. The highest BCUT2D eigenvalue weighted by molar-refractivity contribution is 6.30. The van der Waals surface area contributed by atoms with Crippen LogP contribution < -0.4 is 10.1 Å². The SMILES string of the molecule is CC(C)NC(=O)N(C)CCc1noc(COc2ccc(Cl)cc2)n1. The number of urea groups is 1. The number of ether oxygens (including phenoxy) is 1. The summed E-state index contributed by atoms with van der Waals surface area (Å²) >= 11 is 5.81. The van der Waals surface area contributed by atoms with Crippen LogP contribution in [0.5, 0.6) is 5.75 Å². The molecule has 1 N–H and O–H groups in total. The van der Waals surface area contributed by atoms with Crippen LogP contribution >= 0.6 is 11.6 Å². The Kier molecular flexibility index (Phi) is 6.43. The van der Waals surface area contributed by atoms with E-state index in [1.54, 1.807) is 36.2 Å². The number of nitrogens with one attached hydrogen (secondary N) is 1. The van der Waals surface area contributed by atoms with Gasteiger partial charge in [0.1, 0.15) is 5.75 Å². The van der Waals surface area contributed by atoms with Crippen molar-refractivity contribution < 1.29 is 14.1 Å². The molecule has 0 fully saturated rings. The van der Waals surface area contributed by atoms with Crippen molar-refractivity contribution in [1.82, 2.24) is 20.4 Å². The molecule has 1 aromatic carbocycles. The summed E-state index contributed by atoms with van der Waals surface area (Å²) < 4.78 is 10.7. The maximum absolute atomic E-state index is 11.8. The number of hydrogen-bond donors (Lipinski definition) is 1. The molecule has 0 aliphatic carbocycles. The Morgan fingerprint density at radius 3 is 2.75 bits per heavy atom. The van der Waals surface area contributed by atoms with Gasteiger partial charge in [-0.3, -0.25) is 0 Å². The Bertz CT molecular complexity index is 658. The highest BCUT2D eigenvalue weighted by Crippen LogP contribution is 2.16. The average Bonchev–Trinajstić information content (AvgIpc) is 2.99. The quantitative estimate of drug-likeness (QED) is 0.828. The van der Waals surface area contributed by atoms with E-state index in [0.29, 0.717) is 35.5 Å². The van der Waals surface area contributed by atoms with E-state index >= 15 is 0 Å². The summed E-state index contributed by atoms with van der Waals surface area (Å²) in [6.07, 6.45) is 0.506. The van der Waals surface area contributed by atoms with Crippen molar-refractivity contribution >= 4 is 17.6 Å². The van der Waals surface area contributed by atoms with E-state index in [2.05, 4.69) is 15.5 Å². The maximum Gasteiger partial charge on any atom is 0.317 e. The summed E-state index contributed by atoms with van der Waals surface area (Å²) in [7, 11) is 1.72. The smallest absolute Gasteiger partial charge is 0.317 e. The zero-order chi connectivity index (χ0) is 17.5. The molecule has 0 unspecified atom stereocenters. The van der Waals surface area contributed by atoms with Crippen LogP contribution in [0.1, 0.15) is 25.6 Å². The van der Waals surface area contributed by atoms with Crippen molar-refractivity contribution in [3.8, 4) is 5.75 Å². The molecule has 0 aliphatic heterocycles. The minimum atomic E-state index is -0.125. The Labute approximate surface area is 145 Å². The molecule has 0 spiro atoms. The number of halogens is 1. The van der Waals surface area contributed by atoms with Crippen molar-refractivity contribution in [3.05, 3.63) is 41.0 Å². The number of hydrogen-bond acceptors (Lipinski definition) is 5. The average molecular weight is 353 g/mol. The van der Waals surface area contributed by atoms with Crippen molar-refractivity contribution in [1.29, 1.82) is 0 Å². The number of amides is 2. The first-order valence-electron chi connectivity index (χ1n) is 7.65. The van der Waals surface area contributed by atoms with Crippen molar-refractivity contribution in [2.45, 2.75) is 32.9 Å². The Hall–Kier alpha value is -2.28. The van der Waals surface area contributed by atoms with Gasteiger partial charge in [-0.25, -0.2) is 4.79 Å². The summed E-state index contributed by atoms with van der Waals surface area (Å²) in [4.78, 5) is 17.6. The van der Waals surface area contributed by atoms with Crippen LogP contribution in [0.4, 0.5) is 4.79 Å². The first kappa shape index (κ1) is 18.1. The van der Waals surface area contributed by atoms with E-state index in [9.17, 15) is 4.79 Å². The fraction of sp³-hybridized carbons (Fsp3) is 0.438. The minimum absolute atomic E-state index is 0.0988. The van der Waals surface area contributed by atoms with Gasteiger partial charge in [0, 0.05) is 31.1 Å². The van der Waals surface area contributed by atoms with Crippen LogP contribution in [0.3, 0.4) is 0 Å². The fourth-order valence-corrected chi connectivity index (χ4v) is 1.98. The summed E-state index contributed by atoms with van der Waals surface area (Å²) in [5.74, 6) is 1.59. The second-order valence-electron chi connectivity index (χ2n) is 5.62. The number of nitrogens with zero attached hydrogens (tertiary/aromatic N) is 3. The molecular formula is C16H21ClN4O3. The second kappa shape index (κ2) is 8.54. The van der Waals surface area contributed by atoms with E-state index in [1.807, 2.05) is 13.8 Å². The van der Waals surface area contributed by atoms with Crippen molar-refractivity contribution in [2.75, 3.05) is 13.6 Å². The molecule has 2 aromatic rings. The van der Waals surface area contributed by atoms with Crippen molar-refractivity contribution in [2.24, 2.45) is 0 Å². The molecule has 8 heteroatoms. The summed E-state index contributed by atoms with van der Waals surface area (Å²) in [5.41, 5.74) is 0. The van der Waals surface area contributed by atoms with Crippen LogP contribution in [0.2, 0.25) is 5.02 Å². The lowest BCUT2D eigenvalue weighted by atomic mass is 10.3. The number of benzene rings is 1. The normalized spacial score (nSPS) is 10.7. The van der Waals surface area contributed by atoms with Gasteiger partial charge in [-0.2, -0.15) is 4.98 Å². The largest absolute Gasteiger partial charge is 0.484 e. The molecule has 0 saturated heterocycles. The van der Waals surface area contributed by atoms with E-state index < -0.39 is 0 Å².